The van der Waals surface area contributed by atoms with Gasteiger partial charge in [0, 0.05) is 5.56 Å². The fourth-order valence-electron chi connectivity index (χ4n) is 4.14. The molecule has 0 spiro atoms. The number of hydrogen-bond acceptors (Lipinski definition) is 5. The summed E-state index contributed by atoms with van der Waals surface area (Å²) < 4.78 is 13.3. The Hall–Kier alpha value is -4.53. The Morgan fingerprint density at radius 2 is 1.50 bits per heavy atom. The molecule has 2 N–H and O–H groups in total. The number of fused-ring (bicyclic) bond motifs is 2. The van der Waals surface area contributed by atoms with E-state index >= 15 is 0 Å². The van der Waals surface area contributed by atoms with Crippen LogP contribution in [-0.2, 0) is 11.3 Å². The van der Waals surface area contributed by atoms with Crippen molar-refractivity contribution < 1.29 is 14.3 Å². The minimum atomic E-state index is -0.664. The highest BCUT2D eigenvalue weighted by atomic mass is 16.6. The fraction of sp³-hybridized carbons (Fsp3) is 0.276. The Morgan fingerprint density at radius 3 is 2.21 bits per heavy atom. The van der Waals surface area contributed by atoms with Gasteiger partial charge in [0.15, 0.2) is 0 Å². The number of ether oxygens (including phenoxy) is 2. The van der Waals surface area contributed by atoms with Gasteiger partial charge >= 0.3 is 17.5 Å². The highest BCUT2D eigenvalue weighted by Crippen LogP contribution is 2.20. The van der Waals surface area contributed by atoms with Gasteiger partial charge in [-0.25, -0.2) is 14.4 Å². The van der Waals surface area contributed by atoms with E-state index in [4.69, 9.17) is 9.47 Å². The van der Waals surface area contributed by atoms with E-state index in [2.05, 4.69) is 9.97 Å². The minimum absolute atomic E-state index is 0.100. The van der Waals surface area contributed by atoms with Crippen molar-refractivity contribution >= 4 is 28.2 Å². The number of imidazole rings is 2. The van der Waals surface area contributed by atoms with Crippen LogP contribution in [0.5, 0.6) is 5.75 Å². The lowest BCUT2D eigenvalue weighted by Gasteiger charge is -2.19. The van der Waals surface area contributed by atoms with Gasteiger partial charge in [0.2, 0.25) is 0 Å². The molecule has 198 valence electrons. The number of methoxy groups -OCH3 is 1. The second-order valence-electron chi connectivity index (χ2n) is 10.1. The van der Waals surface area contributed by atoms with Crippen LogP contribution in [-0.4, -0.2) is 37.9 Å². The normalized spacial score (nSPS) is 11.3. The molecule has 5 rings (SSSR count). The molecule has 0 aliphatic heterocycles. The summed E-state index contributed by atoms with van der Waals surface area (Å²) in [6.07, 6.45) is -0.664. The first-order valence-electron chi connectivity index (χ1n) is 12.2. The first kappa shape index (κ1) is 26.5. The van der Waals surface area contributed by atoms with Crippen molar-refractivity contribution in [2.45, 2.75) is 46.8 Å². The van der Waals surface area contributed by atoms with Gasteiger partial charge in [0.05, 0.1) is 35.7 Å². The Labute approximate surface area is 219 Å². The van der Waals surface area contributed by atoms with Crippen LogP contribution in [0.25, 0.3) is 22.1 Å². The third-order valence-corrected chi connectivity index (χ3v) is 5.87. The first-order valence-corrected chi connectivity index (χ1v) is 12.2. The molecular weight excluding hydrogens is 484 g/mol. The molecule has 0 saturated heterocycles. The van der Waals surface area contributed by atoms with Gasteiger partial charge in [-0.15, -0.1) is 0 Å². The van der Waals surface area contributed by atoms with Gasteiger partial charge in [0.1, 0.15) is 11.4 Å². The molecule has 0 atom stereocenters. The van der Waals surface area contributed by atoms with Crippen molar-refractivity contribution in [3.8, 4) is 5.75 Å². The quantitative estimate of drug-likeness (QED) is 0.346. The van der Waals surface area contributed by atoms with Crippen LogP contribution >= 0.6 is 0 Å². The third-order valence-electron chi connectivity index (χ3n) is 5.87. The summed E-state index contributed by atoms with van der Waals surface area (Å²) in [4.78, 5) is 41.4. The van der Waals surface area contributed by atoms with E-state index in [0.717, 1.165) is 38.0 Å². The highest BCUT2D eigenvalue weighted by molar-refractivity contribution is 5.86. The molecule has 0 amide bonds. The molecule has 5 aromatic rings. The molecule has 0 fully saturated rings. The molecule has 0 radical (unpaired) electrons. The van der Waals surface area contributed by atoms with E-state index in [9.17, 15) is 14.4 Å². The summed E-state index contributed by atoms with van der Waals surface area (Å²) in [5.74, 6) is 0.793. The predicted molar refractivity (Wildman–Crippen MR) is 148 cm³/mol. The molecule has 0 unspecified atom stereocenters. The average molecular weight is 517 g/mol. The third kappa shape index (κ3) is 5.72. The van der Waals surface area contributed by atoms with Crippen LogP contribution < -0.4 is 16.1 Å². The van der Waals surface area contributed by atoms with Gasteiger partial charge in [-0.1, -0.05) is 30.3 Å². The van der Waals surface area contributed by atoms with E-state index in [1.807, 2.05) is 68.4 Å². The Kier molecular flexibility index (Phi) is 7.30. The van der Waals surface area contributed by atoms with Gasteiger partial charge in [-0.05, 0) is 76.1 Å². The van der Waals surface area contributed by atoms with Crippen molar-refractivity contribution in [3.05, 3.63) is 98.3 Å². The number of aromatic amines is 2. The zero-order valence-electron chi connectivity index (χ0n) is 22.4. The molecule has 2 aromatic heterocycles. The summed E-state index contributed by atoms with van der Waals surface area (Å²) in [6, 6.07) is 19.1. The number of H-pyrrole nitrogens is 2. The number of rotatable bonds is 3. The smallest absolute Gasteiger partial charge is 0.423 e. The molecule has 0 aliphatic rings. The van der Waals surface area contributed by atoms with E-state index in [0.29, 0.717) is 17.6 Å². The Balaban J connectivity index is 0.000000178. The van der Waals surface area contributed by atoms with Crippen molar-refractivity contribution in [3.63, 3.8) is 0 Å². The summed E-state index contributed by atoms with van der Waals surface area (Å²) in [7, 11) is 1.64. The number of carbonyl (C=O) groups excluding carboxylic acids is 1. The number of benzene rings is 3. The Bertz CT molecular complexity index is 1730. The lowest BCUT2D eigenvalue weighted by molar-refractivity contribution is 0.0538. The Morgan fingerprint density at radius 1 is 0.842 bits per heavy atom. The SMILES string of the molecule is COc1ccccc1Cn1c(=O)[nH]c2ccc(C)cc21.Cc1ccc2c(c1)[nH]c(=O)n2C(=O)OC(C)(C)C. The maximum Gasteiger partial charge on any atom is 0.423 e. The molecule has 3 aromatic carbocycles. The van der Waals surface area contributed by atoms with E-state index in [1.165, 1.54) is 0 Å². The number of aryl methyl sites for hydroxylation is 2. The number of nitrogens with one attached hydrogen (secondary N) is 2. The number of nitrogens with zero attached hydrogens (tertiary/aromatic N) is 2. The molecule has 2 heterocycles. The van der Waals surface area contributed by atoms with Gasteiger partial charge in [0.25, 0.3) is 0 Å². The van der Waals surface area contributed by atoms with Crippen molar-refractivity contribution in [2.75, 3.05) is 7.11 Å². The van der Waals surface area contributed by atoms with E-state index < -0.39 is 17.4 Å². The standard InChI is InChI=1S/C16H16N2O2.C13H16N2O3/c1-11-7-8-13-14(9-11)18(16(19)17-13)10-12-5-3-4-6-15(12)20-2;1-8-5-6-10-9(7-8)14-11(16)15(10)12(17)18-13(2,3)4/h3-9H,10H2,1-2H3,(H,17,19);5-7H,1-4H3,(H,14,16). The van der Waals surface area contributed by atoms with Crippen molar-refractivity contribution in [1.29, 1.82) is 0 Å². The van der Waals surface area contributed by atoms with Gasteiger partial charge in [-0.3, -0.25) is 4.57 Å². The number of para-hydroxylation sites is 1. The highest BCUT2D eigenvalue weighted by Gasteiger charge is 2.21. The molecule has 0 aliphatic carbocycles. The van der Waals surface area contributed by atoms with Crippen LogP contribution in [0.1, 0.15) is 37.5 Å². The van der Waals surface area contributed by atoms with Crippen molar-refractivity contribution in [1.82, 2.24) is 19.1 Å². The number of carbonyl (C=O) groups is 1. The molecule has 9 heteroatoms. The second-order valence-corrected chi connectivity index (χ2v) is 10.1. The molecule has 9 nitrogen and oxygen atoms in total. The van der Waals surface area contributed by atoms with Crippen molar-refractivity contribution in [2.24, 2.45) is 0 Å². The summed E-state index contributed by atoms with van der Waals surface area (Å²) in [6.45, 7) is 9.71. The summed E-state index contributed by atoms with van der Waals surface area (Å²) in [5, 5.41) is 0. The maximum absolute atomic E-state index is 12.1. The fourth-order valence-corrected chi connectivity index (χ4v) is 4.14. The zero-order chi connectivity index (χ0) is 27.6. The summed E-state index contributed by atoms with van der Waals surface area (Å²) >= 11 is 0. The summed E-state index contributed by atoms with van der Waals surface area (Å²) in [5.41, 5.74) is 4.85. The monoisotopic (exact) mass is 516 g/mol. The lowest BCUT2D eigenvalue weighted by Crippen LogP contribution is -2.32. The molecular formula is C29H32N4O5. The maximum atomic E-state index is 12.1. The van der Waals surface area contributed by atoms with Crippen LogP contribution in [0, 0.1) is 13.8 Å². The molecule has 38 heavy (non-hydrogen) atoms. The topological polar surface area (TPSA) is 111 Å². The van der Waals surface area contributed by atoms with Crippen LogP contribution in [0.2, 0.25) is 0 Å². The van der Waals surface area contributed by atoms with Gasteiger partial charge < -0.3 is 19.4 Å². The van der Waals surface area contributed by atoms with Crippen LogP contribution in [0.4, 0.5) is 4.79 Å². The molecule has 0 saturated carbocycles. The largest absolute Gasteiger partial charge is 0.496 e. The van der Waals surface area contributed by atoms with Gasteiger partial charge in [-0.2, -0.15) is 4.57 Å². The zero-order valence-corrected chi connectivity index (χ0v) is 22.4. The average Bonchev–Trinajstić information content (AvgIpc) is 3.33. The van der Waals surface area contributed by atoms with E-state index in [-0.39, 0.29) is 5.69 Å². The van der Waals surface area contributed by atoms with Crippen LogP contribution in [0.3, 0.4) is 0 Å². The minimum Gasteiger partial charge on any atom is -0.496 e. The predicted octanol–water partition coefficient (Wildman–Crippen LogP) is 5.12. The molecule has 0 bridgehead atoms. The lowest BCUT2D eigenvalue weighted by atomic mass is 10.2. The number of aromatic nitrogens is 4. The second kappa shape index (κ2) is 10.5. The number of hydrogen-bond donors (Lipinski definition) is 2. The van der Waals surface area contributed by atoms with E-state index in [1.54, 1.807) is 38.5 Å². The van der Waals surface area contributed by atoms with Crippen LogP contribution in [0.15, 0.2) is 70.3 Å². The first-order chi connectivity index (χ1) is 18.0.